The topological polar surface area (TPSA) is 62.4 Å². The average Bonchev–Trinajstić information content (AvgIpc) is 2.66. The van der Waals surface area contributed by atoms with E-state index in [9.17, 15) is 9.59 Å². The lowest BCUT2D eigenvalue weighted by molar-refractivity contribution is 0.0786. The third-order valence-corrected chi connectivity index (χ3v) is 4.35. The predicted octanol–water partition coefficient (Wildman–Crippen LogP) is 3.38. The summed E-state index contributed by atoms with van der Waals surface area (Å²) >= 11 is 0. The molecule has 1 N–H and O–H groups in total. The lowest BCUT2D eigenvalue weighted by atomic mass is 10.1. The molecule has 0 radical (unpaired) electrons. The molecule has 0 saturated heterocycles. The van der Waals surface area contributed by atoms with Crippen LogP contribution in [-0.4, -0.2) is 36.0 Å². The molecule has 0 saturated carbocycles. The summed E-state index contributed by atoms with van der Waals surface area (Å²) in [4.78, 5) is 29.7. The molecule has 0 spiro atoms. The molecule has 0 aliphatic carbocycles. The van der Waals surface area contributed by atoms with E-state index >= 15 is 0 Å². The van der Waals surface area contributed by atoms with E-state index in [1.807, 2.05) is 43.3 Å². The molecule has 1 aromatic heterocycles. The zero-order valence-electron chi connectivity index (χ0n) is 15.0. The lowest BCUT2D eigenvalue weighted by Crippen LogP contribution is -2.32. The van der Waals surface area contributed by atoms with E-state index in [2.05, 4.69) is 4.98 Å². The van der Waals surface area contributed by atoms with E-state index in [4.69, 9.17) is 4.74 Å². The zero-order chi connectivity index (χ0) is 18.5. The van der Waals surface area contributed by atoms with E-state index in [-0.39, 0.29) is 16.9 Å². The van der Waals surface area contributed by atoms with E-state index < -0.39 is 0 Å². The number of nitrogens with one attached hydrogen (secondary N) is 1. The molecule has 26 heavy (non-hydrogen) atoms. The van der Waals surface area contributed by atoms with Crippen LogP contribution in [0, 0.1) is 6.92 Å². The van der Waals surface area contributed by atoms with Crippen LogP contribution < -0.4 is 10.2 Å². The Kier molecular flexibility index (Phi) is 5.37. The monoisotopic (exact) mass is 350 g/mol. The smallest absolute Gasteiger partial charge is 0.259 e. The van der Waals surface area contributed by atoms with Gasteiger partial charge in [0.2, 0.25) is 5.43 Å². The van der Waals surface area contributed by atoms with Crippen LogP contribution >= 0.6 is 0 Å². The molecule has 1 heterocycles. The van der Waals surface area contributed by atoms with Crippen molar-refractivity contribution < 1.29 is 9.53 Å². The Hall–Kier alpha value is -3.08. The molecule has 134 valence electrons. The first-order chi connectivity index (χ1) is 12.6. The summed E-state index contributed by atoms with van der Waals surface area (Å²) in [6.45, 7) is 3.02. The van der Waals surface area contributed by atoms with Gasteiger partial charge in [0.1, 0.15) is 11.3 Å². The minimum atomic E-state index is -0.284. The number of carbonyl (C=O) groups is 1. The second-order valence-electron chi connectivity index (χ2n) is 6.27. The van der Waals surface area contributed by atoms with Gasteiger partial charge in [0, 0.05) is 30.7 Å². The highest BCUT2D eigenvalue weighted by atomic mass is 16.5. The predicted molar refractivity (Wildman–Crippen MR) is 103 cm³/mol. The molecule has 2 aromatic carbocycles. The summed E-state index contributed by atoms with van der Waals surface area (Å²) in [5.41, 5.74) is 1.72. The Morgan fingerprint density at radius 3 is 2.65 bits per heavy atom. The number of rotatable bonds is 6. The molecular weight excluding hydrogens is 328 g/mol. The number of para-hydroxylation sites is 2. The summed E-state index contributed by atoms with van der Waals surface area (Å²) in [5.74, 6) is 0.570. The van der Waals surface area contributed by atoms with Gasteiger partial charge in [0.05, 0.1) is 6.61 Å². The van der Waals surface area contributed by atoms with Crippen molar-refractivity contribution in [2.75, 3.05) is 20.2 Å². The lowest BCUT2D eigenvalue weighted by Gasteiger charge is -2.17. The van der Waals surface area contributed by atoms with Gasteiger partial charge < -0.3 is 14.6 Å². The van der Waals surface area contributed by atoms with Gasteiger partial charge in [-0.05, 0) is 37.1 Å². The number of hydrogen-bond acceptors (Lipinski definition) is 3. The molecule has 0 unspecified atom stereocenters. The minimum absolute atomic E-state index is 0.158. The number of fused-ring (bicyclic) bond motifs is 1. The third kappa shape index (κ3) is 3.77. The van der Waals surface area contributed by atoms with Gasteiger partial charge in [-0.3, -0.25) is 9.59 Å². The van der Waals surface area contributed by atoms with Crippen molar-refractivity contribution in [1.29, 1.82) is 0 Å². The van der Waals surface area contributed by atoms with Crippen LogP contribution in [0.4, 0.5) is 0 Å². The molecule has 0 aliphatic rings. The Morgan fingerprint density at radius 2 is 1.85 bits per heavy atom. The maximum atomic E-state index is 12.6. The summed E-state index contributed by atoms with van der Waals surface area (Å²) in [7, 11) is 1.70. The molecule has 1 amide bonds. The molecule has 0 fully saturated rings. The van der Waals surface area contributed by atoms with Crippen LogP contribution in [0.2, 0.25) is 0 Å². The molecule has 3 rings (SSSR count). The number of pyridine rings is 1. The number of aromatic amines is 1. The van der Waals surface area contributed by atoms with Crippen LogP contribution in [0.5, 0.6) is 5.75 Å². The van der Waals surface area contributed by atoms with Gasteiger partial charge >= 0.3 is 0 Å². The second-order valence-corrected chi connectivity index (χ2v) is 6.27. The van der Waals surface area contributed by atoms with Gasteiger partial charge in [0.25, 0.3) is 5.91 Å². The maximum Gasteiger partial charge on any atom is 0.259 e. The quantitative estimate of drug-likeness (QED) is 0.693. The van der Waals surface area contributed by atoms with Crippen molar-refractivity contribution in [2.45, 2.75) is 13.3 Å². The molecule has 3 aromatic rings. The molecule has 5 nitrogen and oxygen atoms in total. The van der Waals surface area contributed by atoms with Crippen molar-refractivity contribution in [3.8, 4) is 5.75 Å². The first kappa shape index (κ1) is 17.7. The van der Waals surface area contributed by atoms with Crippen molar-refractivity contribution in [3.63, 3.8) is 0 Å². The van der Waals surface area contributed by atoms with E-state index in [0.29, 0.717) is 25.0 Å². The maximum absolute atomic E-state index is 12.6. The Bertz CT molecular complexity index is 978. The molecule has 5 heteroatoms. The van der Waals surface area contributed by atoms with Gasteiger partial charge in [-0.15, -0.1) is 0 Å². The number of aryl methyl sites for hydroxylation is 1. The number of H-pyrrole nitrogens is 1. The van der Waals surface area contributed by atoms with E-state index in [1.165, 1.54) is 6.20 Å². The zero-order valence-corrected chi connectivity index (χ0v) is 15.0. The van der Waals surface area contributed by atoms with Crippen molar-refractivity contribution in [1.82, 2.24) is 9.88 Å². The Balaban J connectivity index is 1.61. The standard InChI is InChI=1S/C21H22N2O3/c1-15-8-3-6-11-19(15)26-13-7-12-23(2)21(25)17-14-22-18-10-5-4-9-16(18)20(17)24/h3-6,8-11,14H,7,12-13H2,1-2H3,(H,22,24). The summed E-state index contributed by atoms with van der Waals surface area (Å²) in [5, 5.41) is 0.523. The number of benzene rings is 2. The van der Waals surface area contributed by atoms with Crippen LogP contribution in [0.3, 0.4) is 0 Å². The largest absolute Gasteiger partial charge is 0.493 e. The summed E-state index contributed by atoms with van der Waals surface area (Å²) in [6.07, 6.45) is 2.18. The number of amides is 1. The SMILES string of the molecule is Cc1ccccc1OCCCN(C)C(=O)c1c[nH]c2ccccc2c1=O. The summed E-state index contributed by atoms with van der Waals surface area (Å²) in [6, 6.07) is 15.0. The highest BCUT2D eigenvalue weighted by molar-refractivity contribution is 5.96. The van der Waals surface area contributed by atoms with Crippen molar-refractivity contribution >= 4 is 16.8 Å². The normalized spacial score (nSPS) is 10.7. The van der Waals surface area contributed by atoms with Gasteiger partial charge in [0.15, 0.2) is 0 Å². The van der Waals surface area contributed by atoms with E-state index in [0.717, 1.165) is 16.8 Å². The number of aromatic nitrogens is 1. The molecule has 0 atom stereocenters. The van der Waals surface area contributed by atoms with Crippen LogP contribution in [-0.2, 0) is 0 Å². The molecule has 0 bridgehead atoms. The van der Waals surface area contributed by atoms with Gasteiger partial charge in [-0.2, -0.15) is 0 Å². The fourth-order valence-electron chi connectivity index (χ4n) is 2.84. The van der Waals surface area contributed by atoms with Crippen molar-refractivity contribution in [2.24, 2.45) is 0 Å². The highest BCUT2D eigenvalue weighted by Gasteiger charge is 2.16. The van der Waals surface area contributed by atoms with E-state index in [1.54, 1.807) is 24.1 Å². The number of ether oxygens (including phenoxy) is 1. The first-order valence-electron chi connectivity index (χ1n) is 8.62. The fraction of sp³-hybridized carbons (Fsp3) is 0.238. The minimum Gasteiger partial charge on any atom is -0.493 e. The number of hydrogen-bond donors (Lipinski definition) is 1. The Labute approximate surface area is 152 Å². The molecular formula is C21H22N2O3. The average molecular weight is 350 g/mol. The first-order valence-corrected chi connectivity index (χ1v) is 8.62. The third-order valence-electron chi connectivity index (χ3n) is 4.35. The van der Waals surface area contributed by atoms with Crippen molar-refractivity contribution in [3.05, 3.63) is 76.1 Å². The van der Waals surface area contributed by atoms with Gasteiger partial charge in [-0.1, -0.05) is 30.3 Å². The fourth-order valence-corrected chi connectivity index (χ4v) is 2.84. The molecule has 0 aliphatic heterocycles. The number of carbonyl (C=O) groups excluding carboxylic acids is 1. The highest BCUT2D eigenvalue weighted by Crippen LogP contribution is 2.16. The van der Waals surface area contributed by atoms with Crippen LogP contribution in [0.25, 0.3) is 10.9 Å². The van der Waals surface area contributed by atoms with Gasteiger partial charge in [-0.25, -0.2) is 0 Å². The second kappa shape index (κ2) is 7.87. The summed E-state index contributed by atoms with van der Waals surface area (Å²) < 4.78 is 5.75. The van der Waals surface area contributed by atoms with Crippen LogP contribution in [0.15, 0.2) is 59.5 Å². The number of nitrogens with zero attached hydrogens (tertiary/aromatic N) is 1. The Morgan fingerprint density at radius 1 is 1.12 bits per heavy atom. The van der Waals surface area contributed by atoms with Crippen LogP contribution in [0.1, 0.15) is 22.3 Å².